The molecule has 3 fully saturated rings. The maximum Gasteiger partial charge on any atom is 0.254 e. The van der Waals surface area contributed by atoms with Crippen molar-refractivity contribution in [2.24, 2.45) is 0 Å². The summed E-state index contributed by atoms with van der Waals surface area (Å²) in [6.07, 6.45) is 7.23. The van der Waals surface area contributed by atoms with E-state index in [2.05, 4.69) is 6.07 Å². The highest BCUT2D eigenvalue weighted by molar-refractivity contribution is 6.01. The molecule has 0 spiro atoms. The summed E-state index contributed by atoms with van der Waals surface area (Å²) in [6.45, 7) is 2.62. The van der Waals surface area contributed by atoms with Crippen molar-refractivity contribution in [3.05, 3.63) is 35.4 Å². The van der Waals surface area contributed by atoms with Crippen molar-refractivity contribution in [3.8, 4) is 6.07 Å². The third-order valence-electron chi connectivity index (χ3n) is 6.73. The van der Waals surface area contributed by atoms with Crippen molar-refractivity contribution in [2.75, 3.05) is 26.2 Å². The molecule has 0 unspecified atom stereocenters. The highest BCUT2D eigenvalue weighted by atomic mass is 16.2. The Morgan fingerprint density at radius 3 is 2.16 bits per heavy atom. The second kappa shape index (κ2) is 9.51. The summed E-state index contributed by atoms with van der Waals surface area (Å²) >= 11 is 0. The van der Waals surface area contributed by atoms with E-state index in [1.807, 2.05) is 4.90 Å². The number of rotatable bonds is 3. The number of amides is 3. The number of benzene rings is 1. The van der Waals surface area contributed by atoms with Crippen LogP contribution in [0.5, 0.6) is 0 Å². The van der Waals surface area contributed by atoms with Crippen molar-refractivity contribution in [1.82, 2.24) is 14.7 Å². The lowest BCUT2D eigenvalue weighted by molar-refractivity contribution is -0.135. The molecular weight excluding hydrogens is 392 g/mol. The molecule has 0 aromatic heterocycles. The van der Waals surface area contributed by atoms with E-state index in [1.165, 1.54) is 0 Å². The van der Waals surface area contributed by atoms with Crippen LogP contribution in [0.15, 0.2) is 24.3 Å². The minimum absolute atomic E-state index is 0.0282. The van der Waals surface area contributed by atoms with Gasteiger partial charge in [0.1, 0.15) is 12.1 Å². The van der Waals surface area contributed by atoms with E-state index in [-0.39, 0.29) is 23.8 Å². The van der Waals surface area contributed by atoms with Gasteiger partial charge in [0.25, 0.3) is 11.8 Å². The summed E-state index contributed by atoms with van der Waals surface area (Å²) in [7, 11) is 0. The molecule has 0 aliphatic carbocycles. The minimum atomic E-state index is -0.522. The van der Waals surface area contributed by atoms with Gasteiger partial charge in [-0.25, -0.2) is 0 Å². The largest absolute Gasteiger partial charge is 0.339 e. The van der Waals surface area contributed by atoms with E-state index in [4.69, 9.17) is 0 Å². The average molecular weight is 423 g/mol. The number of carbonyl (C=O) groups excluding carboxylic acids is 3. The fourth-order valence-electron chi connectivity index (χ4n) is 5.03. The van der Waals surface area contributed by atoms with Crippen LogP contribution in [0.3, 0.4) is 0 Å². The van der Waals surface area contributed by atoms with Gasteiger partial charge in [-0.2, -0.15) is 5.26 Å². The molecule has 3 amide bonds. The van der Waals surface area contributed by atoms with Gasteiger partial charge >= 0.3 is 0 Å². The topological polar surface area (TPSA) is 84.7 Å². The summed E-state index contributed by atoms with van der Waals surface area (Å²) in [4.78, 5) is 44.5. The van der Waals surface area contributed by atoms with Gasteiger partial charge in [0.2, 0.25) is 5.91 Å². The van der Waals surface area contributed by atoms with Crippen molar-refractivity contribution < 1.29 is 14.4 Å². The SMILES string of the molecule is N#C[C@@H]1CCCN1C(=O)[C@@H]1CCCN1C(=O)c1cccc(C(=O)N2CCCCCC2)c1. The van der Waals surface area contributed by atoms with E-state index in [0.29, 0.717) is 37.1 Å². The van der Waals surface area contributed by atoms with Gasteiger partial charge in [-0.15, -0.1) is 0 Å². The molecule has 0 radical (unpaired) electrons. The number of hydrogen-bond donors (Lipinski definition) is 0. The van der Waals surface area contributed by atoms with E-state index < -0.39 is 6.04 Å². The molecule has 31 heavy (non-hydrogen) atoms. The highest BCUT2D eigenvalue weighted by Gasteiger charge is 2.40. The lowest BCUT2D eigenvalue weighted by Gasteiger charge is -2.29. The standard InChI is InChI=1S/C24H30N4O3/c25-17-20-10-6-14-27(20)24(31)21-11-7-15-28(21)23(30)19-9-5-8-18(16-19)22(29)26-12-3-1-2-4-13-26/h5,8-9,16,20-21H,1-4,6-7,10-15H2/t20-,21-/m0/s1. The van der Waals surface area contributed by atoms with Crippen LogP contribution in [-0.2, 0) is 4.79 Å². The molecule has 164 valence electrons. The van der Waals surface area contributed by atoms with Crippen LogP contribution in [0.2, 0.25) is 0 Å². The predicted molar refractivity (Wildman–Crippen MR) is 115 cm³/mol. The molecule has 0 bridgehead atoms. The number of nitriles is 1. The zero-order valence-corrected chi connectivity index (χ0v) is 18.0. The molecule has 7 nitrogen and oxygen atoms in total. The third kappa shape index (κ3) is 4.43. The quantitative estimate of drug-likeness (QED) is 0.750. The second-order valence-electron chi connectivity index (χ2n) is 8.76. The van der Waals surface area contributed by atoms with Crippen molar-refractivity contribution in [3.63, 3.8) is 0 Å². The van der Waals surface area contributed by atoms with E-state index in [9.17, 15) is 19.6 Å². The van der Waals surface area contributed by atoms with Crippen LogP contribution < -0.4 is 0 Å². The highest BCUT2D eigenvalue weighted by Crippen LogP contribution is 2.26. The van der Waals surface area contributed by atoms with Crippen molar-refractivity contribution in [1.29, 1.82) is 5.26 Å². The van der Waals surface area contributed by atoms with Gasteiger partial charge < -0.3 is 14.7 Å². The van der Waals surface area contributed by atoms with Gasteiger partial charge in [-0.05, 0) is 56.7 Å². The fourth-order valence-corrected chi connectivity index (χ4v) is 5.03. The lowest BCUT2D eigenvalue weighted by Crippen LogP contribution is -2.49. The molecule has 0 N–H and O–H groups in total. The van der Waals surface area contributed by atoms with Crippen LogP contribution in [0.1, 0.15) is 72.1 Å². The Balaban J connectivity index is 1.49. The first-order valence-electron chi connectivity index (χ1n) is 11.5. The zero-order chi connectivity index (χ0) is 21.8. The maximum absolute atomic E-state index is 13.3. The van der Waals surface area contributed by atoms with E-state index in [1.54, 1.807) is 34.1 Å². The minimum Gasteiger partial charge on any atom is -0.339 e. The van der Waals surface area contributed by atoms with Crippen LogP contribution >= 0.6 is 0 Å². The summed E-state index contributed by atoms with van der Waals surface area (Å²) in [6, 6.07) is 8.20. The predicted octanol–water partition coefficient (Wildman–Crippen LogP) is 2.82. The summed E-state index contributed by atoms with van der Waals surface area (Å²) in [5.74, 6) is -0.361. The molecule has 4 rings (SSSR count). The second-order valence-corrected chi connectivity index (χ2v) is 8.76. The number of nitrogens with zero attached hydrogens (tertiary/aromatic N) is 4. The molecule has 3 heterocycles. The van der Waals surface area contributed by atoms with Crippen LogP contribution in [-0.4, -0.2) is 70.7 Å². The Kier molecular flexibility index (Phi) is 6.55. The fraction of sp³-hybridized carbons (Fsp3) is 0.583. The Morgan fingerprint density at radius 2 is 1.45 bits per heavy atom. The Morgan fingerprint density at radius 1 is 0.806 bits per heavy atom. The van der Waals surface area contributed by atoms with Gasteiger partial charge in [0, 0.05) is 37.3 Å². The van der Waals surface area contributed by atoms with E-state index >= 15 is 0 Å². The summed E-state index contributed by atoms with van der Waals surface area (Å²) in [5, 5.41) is 9.33. The summed E-state index contributed by atoms with van der Waals surface area (Å²) in [5.41, 5.74) is 0.970. The van der Waals surface area contributed by atoms with Crippen molar-refractivity contribution in [2.45, 2.75) is 63.5 Å². The molecular formula is C24H30N4O3. The van der Waals surface area contributed by atoms with Gasteiger partial charge in [0.05, 0.1) is 6.07 Å². The molecule has 3 saturated heterocycles. The summed E-state index contributed by atoms with van der Waals surface area (Å²) < 4.78 is 0. The van der Waals surface area contributed by atoms with Crippen molar-refractivity contribution >= 4 is 17.7 Å². The first kappa shape index (κ1) is 21.4. The Labute approximate surface area is 183 Å². The molecule has 3 aliphatic heterocycles. The molecule has 1 aromatic rings. The van der Waals surface area contributed by atoms with E-state index in [0.717, 1.165) is 51.6 Å². The number of carbonyl (C=O) groups is 3. The molecule has 0 saturated carbocycles. The molecule has 3 aliphatic rings. The smallest absolute Gasteiger partial charge is 0.254 e. The third-order valence-corrected chi connectivity index (χ3v) is 6.73. The van der Waals surface area contributed by atoms with Gasteiger partial charge in [0.15, 0.2) is 0 Å². The van der Waals surface area contributed by atoms with Gasteiger partial charge in [-0.3, -0.25) is 14.4 Å². The van der Waals surface area contributed by atoms with Crippen LogP contribution in [0.25, 0.3) is 0 Å². The monoisotopic (exact) mass is 422 g/mol. The normalized spacial score (nSPS) is 24.0. The lowest BCUT2D eigenvalue weighted by atomic mass is 10.1. The van der Waals surface area contributed by atoms with Crippen LogP contribution in [0.4, 0.5) is 0 Å². The van der Waals surface area contributed by atoms with Crippen LogP contribution in [0, 0.1) is 11.3 Å². The first-order chi connectivity index (χ1) is 15.1. The maximum atomic E-state index is 13.3. The first-order valence-corrected chi connectivity index (χ1v) is 11.5. The number of likely N-dealkylation sites (tertiary alicyclic amines) is 3. The van der Waals surface area contributed by atoms with Gasteiger partial charge in [-0.1, -0.05) is 18.9 Å². The molecule has 7 heteroatoms. The Bertz CT molecular complexity index is 885. The zero-order valence-electron chi connectivity index (χ0n) is 18.0. The Hall–Kier alpha value is -2.88. The molecule has 2 atom stereocenters. The number of hydrogen-bond acceptors (Lipinski definition) is 4. The molecule has 1 aromatic carbocycles. The average Bonchev–Trinajstić information content (AvgIpc) is 3.41.